The zero-order valence-electron chi connectivity index (χ0n) is 10.3. The van der Waals surface area contributed by atoms with Gasteiger partial charge in [-0.05, 0) is 29.7 Å². The highest BCUT2D eigenvalue weighted by molar-refractivity contribution is 5.29. The van der Waals surface area contributed by atoms with Crippen LogP contribution in [0.4, 0.5) is 0 Å². The molecule has 1 unspecified atom stereocenters. The van der Waals surface area contributed by atoms with Gasteiger partial charge in [0.25, 0.3) is 0 Å². The number of fused-ring (bicyclic) bond motifs is 1. The van der Waals surface area contributed by atoms with E-state index in [1.165, 1.54) is 11.1 Å². The Kier molecular flexibility index (Phi) is 3.29. The van der Waals surface area contributed by atoms with E-state index >= 15 is 0 Å². The van der Waals surface area contributed by atoms with Gasteiger partial charge in [-0.25, -0.2) is 0 Å². The van der Waals surface area contributed by atoms with E-state index in [2.05, 4.69) is 29.6 Å². The Morgan fingerprint density at radius 1 is 0.889 bits per heavy atom. The predicted molar refractivity (Wildman–Crippen MR) is 72.7 cm³/mol. The molecule has 0 saturated carbocycles. The first kappa shape index (κ1) is 11.3. The van der Waals surface area contributed by atoms with Crippen molar-refractivity contribution in [2.24, 2.45) is 0 Å². The molecule has 1 aliphatic heterocycles. The molecule has 2 aromatic rings. The minimum absolute atomic E-state index is 0.0658. The average molecular weight is 239 g/mol. The largest absolute Gasteiger partial charge is 0.475 e. The van der Waals surface area contributed by atoms with Crippen LogP contribution in [-0.2, 0) is 12.8 Å². The molecule has 92 valence electrons. The molecule has 3 rings (SSSR count). The fourth-order valence-corrected chi connectivity index (χ4v) is 2.39. The van der Waals surface area contributed by atoms with Gasteiger partial charge < -0.3 is 4.74 Å². The van der Waals surface area contributed by atoms with Crippen LogP contribution in [0, 0.1) is 0 Å². The third kappa shape index (κ3) is 2.54. The summed E-state index contributed by atoms with van der Waals surface area (Å²) in [7, 11) is 0. The molecule has 1 aliphatic rings. The van der Waals surface area contributed by atoms with Crippen LogP contribution in [0.2, 0.25) is 0 Å². The fourth-order valence-electron chi connectivity index (χ4n) is 2.39. The van der Waals surface area contributed by atoms with Gasteiger partial charge in [0.1, 0.15) is 5.75 Å². The van der Waals surface area contributed by atoms with Crippen molar-refractivity contribution < 1.29 is 4.74 Å². The highest BCUT2D eigenvalue weighted by Crippen LogP contribution is 2.17. The first-order valence-corrected chi connectivity index (χ1v) is 6.44. The minimum atomic E-state index is 0.0658. The highest BCUT2D eigenvalue weighted by Gasteiger charge is 2.16. The Balaban J connectivity index is 1.75. The number of benzene rings is 2. The lowest BCUT2D eigenvalue weighted by atomic mass is 10.0. The van der Waals surface area contributed by atoms with Crippen LogP contribution in [0.25, 0.3) is 0 Å². The summed E-state index contributed by atoms with van der Waals surface area (Å²) in [5.74, 6) is 0.925. The molecule has 0 fully saturated rings. The maximum absolute atomic E-state index is 5.98. The summed E-state index contributed by atoms with van der Waals surface area (Å²) in [6, 6.07) is 18.6. The van der Waals surface area contributed by atoms with E-state index in [-0.39, 0.29) is 6.23 Å². The van der Waals surface area contributed by atoms with Crippen molar-refractivity contribution in [2.45, 2.75) is 19.1 Å². The van der Waals surface area contributed by atoms with Crippen LogP contribution in [0.3, 0.4) is 0 Å². The van der Waals surface area contributed by atoms with Crippen molar-refractivity contribution in [1.29, 1.82) is 0 Å². The van der Waals surface area contributed by atoms with Gasteiger partial charge in [-0.15, -0.1) is 0 Å². The van der Waals surface area contributed by atoms with E-state index in [9.17, 15) is 0 Å². The Morgan fingerprint density at radius 2 is 1.61 bits per heavy atom. The van der Waals surface area contributed by atoms with Gasteiger partial charge >= 0.3 is 0 Å². The van der Waals surface area contributed by atoms with Gasteiger partial charge in [0.05, 0.1) is 0 Å². The van der Waals surface area contributed by atoms with Gasteiger partial charge in [0.15, 0.2) is 6.23 Å². The first-order valence-electron chi connectivity index (χ1n) is 6.44. The summed E-state index contributed by atoms with van der Waals surface area (Å²) in [5, 5.41) is 3.45. The van der Waals surface area contributed by atoms with Crippen molar-refractivity contribution >= 4 is 0 Å². The first-order chi connectivity index (χ1) is 8.92. The predicted octanol–water partition coefficient (Wildman–Crippen LogP) is 2.78. The van der Waals surface area contributed by atoms with Crippen LogP contribution in [0.5, 0.6) is 5.75 Å². The van der Waals surface area contributed by atoms with Crippen molar-refractivity contribution in [3.05, 3.63) is 65.7 Å². The maximum atomic E-state index is 5.98. The second-order valence-electron chi connectivity index (χ2n) is 4.60. The molecular formula is C16H17NO. The van der Waals surface area contributed by atoms with Crippen LogP contribution < -0.4 is 10.1 Å². The Labute approximate surface area is 108 Å². The van der Waals surface area contributed by atoms with Crippen molar-refractivity contribution in [2.75, 3.05) is 6.54 Å². The number of para-hydroxylation sites is 1. The molecule has 2 aromatic carbocycles. The van der Waals surface area contributed by atoms with Gasteiger partial charge in [-0.2, -0.15) is 0 Å². The minimum Gasteiger partial charge on any atom is -0.475 e. The third-order valence-electron chi connectivity index (χ3n) is 3.31. The fraction of sp³-hybridized carbons (Fsp3) is 0.250. The number of nitrogens with one attached hydrogen (secondary N) is 1. The summed E-state index contributed by atoms with van der Waals surface area (Å²) >= 11 is 0. The molecule has 0 aliphatic carbocycles. The molecule has 1 N–H and O–H groups in total. The lowest BCUT2D eigenvalue weighted by Crippen LogP contribution is -2.35. The third-order valence-corrected chi connectivity index (χ3v) is 3.31. The van der Waals surface area contributed by atoms with Gasteiger partial charge in [0.2, 0.25) is 0 Å². The molecule has 2 heteroatoms. The highest BCUT2D eigenvalue weighted by atomic mass is 16.5. The maximum Gasteiger partial charge on any atom is 0.154 e. The summed E-state index contributed by atoms with van der Waals surface area (Å²) in [5.41, 5.74) is 2.83. The number of hydrogen-bond acceptors (Lipinski definition) is 2. The van der Waals surface area contributed by atoms with E-state index in [1.54, 1.807) is 0 Å². The zero-order chi connectivity index (χ0) is 12.2. The topological polar surface area (TPSA) is 21.3 Å². The number of rotatable bonds is 2. The zero-order valence-corrected chi connectivity index (χ0v) is 10.3. The molecule has 18 heavy (non-hydrogen) atoms. The normalized spacial score (nSPS) is 18.8. The average Bonchev–Trinajstić information content (AvgIpc) is 2.61. The van der Waals surface area contributed by atoms with Crippen molar-refractivity contribution in [3.8, 4) is 5.75 Å². The molecule has 0 amide bonds. The lowest BCUT2D eigenvalue weighted by molar-refractivity contribution is 0.168. The molecule has 0 spiro atoms. The van der Waals surface area contributed by atoms with E-state index in [0.717, 1.165) is 25.1 Å². The summed E-state index contributed by atoms with van der Waals surface area (Å²) in [6.45, 7) is 0.967. The molecule has 0 saturated heterocycles. The van der Waals surface area contributed by atoms with Gasteiger partial charge in [-0.1, -0.05) is 42.5 Å². The van der Waals surface area contributed by atoms with Crippen LogP contribution in [0.15, 0.2) is 54.6 Å². The lowest BCUT2D eigenvalue weighted by Gasteiger charge is -2.18. The van der Waals surface area contributed by atoms with E-state index in [4.69, 9.17) is 4.74 Å². The number of ether oxygens (including phenoxy) is 1. The Morgan fingerprint density at radius 3 is 2.44 bits per heavy atom. The summed E-state index contributed by atoms with van der Waals surface area (Å²) in [4.78, 5) is 0. The molecule has 1 atom stereocenters. The molecular weight excluding hydrogens is 222 g/mol. The molecule has 0 bridgehead atoms. The Bertz CT molecular complexity index is 510. The molecule has 0 radical (unpaired) electrons. The van der Waals surface area contributed by atoms with Gasteiger partial charge in [0, 0.05) is 13.0 Å². The van der Waals surface area contributed by atoms with Crippen LogP contribution >= 0.6 is 0 Å². The summed E-state index contributed by atoms with van der Waals surface area (Å²) in [6.07, 6.45) is 2.06. The monoisotopic (exact) mass is 239 g/mol. The van der Waals surface area contributed by atoms with E-state index in [1.807, 2.05) is 30.3 Å². The second kappa shape index (κ2) is 5.23. The van der Waals surface area contributed by atoms with E-state index in [0.29, 0.717) is 0 Å². The number of hydrogen-bond donors (Lipinski definition) is 1. The summed E-state index contributed by atoms with van der Waals surface area (Å²) < 4.78 is 5.98. The smallest absolute Gasteiger partial charge is 0.154 e. The quantitative estimate of drug-likeness (QED) is 0.870. The molecule has 0 aromatic heterocycles. The molecule has 2 nitrogen and oxygen atoms in total. The second-order valence-corrected chi connectivity index (χ2v) is 4.60. The van der Waals surface area contributed by atoms with Crippen LogP contribution in [0.1, 0.15) is 11.1 Å². The van der Waals surface area contributed by atoms with Crippen molar-refractivity contribution in [3.63, 3.8) is 0 Å². The SMILES string of the molecule is c1ccc(OC2Cc3ccccc3CCN2)cc1. The van der Waals surface area contributed by atoms with Crippen LogP contribution in [-0.4, -0.2) is 12.8 Å². The van der Waals surface area contributed by atoms with Gasteiger partial charge in [-0.3, -0.25) is 5.32 Å². The Hall–Kier alpha value is -1.80. The van der Waals surface area contributed by atoms with E-state index < -0.39 is 0 Å². The van der Waals surface area contributed by atoms with Crippen molar-refractivity contribution in [1.82, 2.24) is 5.32 Å². The molecule has 1 heterocycles. The standard InChI is InChI=1S/C16H17NO/c1-2-8-15(9-3-1)18-16-12-14-7-5-4-6-13(14)10-11-17-16/h1-9,16-17H,10-12H2.